The van der Waals surface area contributed by atoms with Crippen LogP contribution in [-0.4, -0.2) is 5.78 Å². The molecule has 2 heteroatoms. The summed E-state index contributed by atoms with van der Waals surface area (Å²) in [6.07, 6.45) is 0.449. The van der Waals surface area contributed by atoms with Crippen molar-refractivity contribution >= 4 is 17.1 Å². The van der Waals surface area contributed by atoms with E-state index < -0.39 is 0 Å². The van der Waals surface area contributed by atoms with Gasteiger partial charge in [-0.1, -0.05) is 5.92 Å². The summed E-state index contributed by atoms with van der Waals surface area (Å²) < 4.78 is 0. The predicted molar refractivity (Wildman–Crippen MR) is 46.5 cm³/mol. The first-order valence-corrected chi connectivity index (χ1v) is 4.24. The van der Waals surface area contributed by atoms with Crippen LogP contribution in [0.1, 0.15) is 12.5 Å². The maximum absolute atomic E-state index is 10.9. The van der Waals surface area contributed by atoms with Crippen LogP contribution < -0.4 is 0 Å². The van der Waals surface area contributed by atoms with Gasteiger partial charge >= 0.3 is 0 Å². The Morgan fingerprint density at radius 3 is 3.09 bits per heavy atom. The summed E-state index contributed by atoms with van der Waals surface area (Å²) in [6.45, 7) is 1.67. The van der Waals surface area contributed by atoms with Crippen molar-refractivity contribution < 1.29 is 4.79 Å². The Morgan fingerprint density at radius 2 is 2.55 bits per heavy atom. The maximum atomic E-state index is 10.9. The van der Waals surface area contributed by atoms with Crippen LogP contribution in [0.4, 0.5) is 0 Å². The number of thiophene rings is 1. The normalized spacial score (nSPS) is 8.45. The lowest BCUT2D eigenvalue weighted by atomic mass is 10.2. The Balaban J connectivity index is 2.55. The second-order valence-electron chi connectivity index (χ2n) is 2.11. The van der Waals surface area contributed by atoms with Crippen LogP contribution in [0.5, 0.6) is 0 Å². The molecule has 0 unspecified atom stereocenters. The van der Waals surface area contributed by atoms with Gasteiger partial charge in [0.2, 0.25) is 5.78 Å². The molecule has 0 bridgehead atoms. The van der Waals surface area contributed by atoms with Crippen molar-refractivity contribution in [1.29, 1.82) is 0 Å². The minimum absolute atomic E-state index is 0.00843. The zero-order chi connectivity index (χ0) is 8.10. The van der Waals surface area contributed by atoms with Crippen molar-refractivity contribution in [3.05, 3.63) is 22.4 Å². The third kappa shape index (κ3) is 2.57. The number of rotatable bonds is 2. The topological polar surface area (TPSA) is 17.1 Å². The molecule has 0 atom stereocenters. The molecular weight excluding hydrogens is 156 g/mol. The molecule has 0 radical (unpaired) electrons. The first-order valence-electron chi connectivity index (χ1n) is 3.29. The molecular formula is C9H8OS. The smallest absolute Gasteiger partial charge is 0.209 e. The number of carbonyl (C=O) groups excluding carboxylic acids is 1. The van der Waals surface area contributed by atoms with E-state index in [1.165, 1.54) is 0 Å². The van der Waals surface area contributed by atoms with Gasteiger partial charge in [-0.25, -0.2) is 0 Å². The van der Waals surface area contributed by atoms with Gasteiger partial charge in [0.25, 0.3) is 0 Å². The lowest BCUT2D eigenvalue weighted by Gasteiger charge is -1.86. The lowest BCUT2D eigenvalue weighted by molar-refractivity contribution is -0.113. The summed E-state index contributed by atoms with van der Waals surface area (Å²) in [5.41, 5.74) is 1.06. The summed E-state index contributed by atoms with van der Waals surface area (Å²) in [4.78, 5) is 10.9. The molecule has 0 saturated heterocycles. The number of ketones is 1. The van der Waals surface area contributed by atoms with Crippen LogP contribution in [0.3, 0.4) is 0 Å². The number of carbonyl (C=O) groups is 1. The van der Waals surface area contributed by atoms with E-state index in [2.05, 4.69) is 11.8 Å². The van der Waals surface area contributed by atoms with E-state index in [1.807, 2.05) is 16.8 Å². The Kier molecular flexibility index (Phi) is 2.88. The molecule has 0 aliphatic heterocycles. The van der Waals surface area contributed by atoms with Gasteiger partial charge in [0.15, 0.2) is 0 Å². The Hall–Kier alpha value is -1.07. The predicted octanol–water partition coefficient (Wildman–Crippen LogP) is 1.88. The van der Waals surface area contributed by atoms with Gasteiger partial charge in [-0.2, -0.15) is 11.3 Å². The summed E-state index contributed by atoms with van der Waals surface area (Å²) in [5.74, 6) is 5.07. The van der Waals surface area contributed by atoms with E-state index in [9.17, 15) is 4.79 Å². The van der Waals surface area contributed by atoms with E-state index >= 15 is 0 Å². The second-order valence-corrected chi connectivity index (χ2v) is 2.89. The van der Waals surface area contributed by atoms with Crippen LogP contribution in [-0.2, 0) is 11.2 Å². The second kappa shape index (κ2) is 3.95. The summed E-state index contributed by atoms with van der Waals surface area (Å²) >= 11 is 1.60. The highest BCUT2D eigenvalue weighted by molar-refractivity contribution is 7.08. The van der Waals surface area contributed by atoms with Gasteiger partial charge in [0.1, 0.15) is 0 Å². The average Bonchev–Trinajstić information content (AvgIpc) is 2.40. The third-order valence-corrected chi connectivity index (χ3v) is 1.94. The minimum atomic E-state index is -0.00843. The molecule has 0 amide bonds. The van der Waals surface area contributed by atoms with Crippen molar-refractivity contribution in [3.63, 3.8) is 0 Å². The summed E-state index contributed by atoms with van der Waals surface area (Å²) in [5, 5.41) is 3.93. The first kappa shape index (κ1) is 8.03. The van der Waals surface area contributed by atoms with E-state index in [4.69, 9.17) is 0 Å². The molecule has 0 fully saturated rings. The molecule has 1 nitrogen and oxygen atoms in total. The van der Waals surface area contributed by atoms with Gasteiger partial charge in [-0.15, -0.1) is 0 Å². The minimum Gasteiger partial charge on any atom is -0.285 e. The molecule has 0 spiro atoms. The number of hydrogen-bond donors (Lipinski definition) is 0. The van der Waals surface area contributed by atoms with Crippen LogP contribution >= 0.6 is 11.3 Å². The molecule has 56 valence electrons. The van der Waals surface area contributed by atoms with Crippen LogP contribution in [0.2, 0.25) is 0 Å². The fourth-order valence-electron chi connectivity index (χ4n) is 0.762. The lowest BCUT2D eigenvalue weighted by Crippen LogP contribution is -1.96. The zero-order valence-electron chi connectivity index (χ0n) is 6.26. The maximum Gasteiger partial charge on any atom is 0.209 e. The number of Topliss-reactive ketones (excluding diaryl/α,β-unsaturated/α-hetero) is 1. The molecule has 1 heterocycles. The highest BCUT2D eigenvalue weighted by Gasteiger charge is 1.98. The van der Waals surface area contributed by atoms with Crippen LogP contribution in [0.15, 0.2) is 16.8 Å². The molecule has 0 N–H and O–H groups in total. The largest absolute Gasteiger partial charge is 0.285 e. The number of hydrogen-bond acceptors (Lipinski definition) is 2. The van der Waals surface area contributed by atoms with Crippen molar-refractivity contribution in [1.82, 2.24) is 0 Å². The van der Waals surface area contributed by atoms with Gasteiger partial charge in [0, 0.05) is 6.42 Å². The Labute approximate surface area is 70.1 Å². The van der Waals surface area contributed by atoms with Crippen molar-refractivity contribution in [3.8, 4) is 11.8 Å². The highest BCUT2D eigenvalue weighted by Crippen LogP contribution is 2.06. The van der Waals surface area contributed by atoms with Crippen molar-refractivity contribution in [2.45, 2.75) is 13.3 Å². The zero-order valence-corrected chi connectivity index (χ0v) is 7.07. The molecule has 0 aromatic carbocycles. The van der Waals surface area contributed by atoms with Gasteiger partial charge in [-0.05, 0) is 35.2 Å². The fraction of sp³-hybridized carbons (Fsp3) is 0.222. The Morgan fingerprint density at radius 1 is 1.73 bits per heavy atom. The van der Waals surface area contributed by atoms with Gasteiger partial charge in [-0.3, -0.25) is 4.79 Å². The average molecular weight is 164 g/mol. The van der Waals surface area contributed by atoms with Gasteiger partial charge in [0.05, 0.1) is 0 Å². The SMILES string of the molecule is CC#CC(=O)Cc1ccsc1. The highest BCUT2D eigenvalue weighted by atomic mass is 32.1. The van der Waals surface area contributed by atoms with Crippen LogP contribution in [0, 0.1) is 11.8 Å². The van der Waals surface area contributed by atoms with Crippen LogP contribution in [0.25, 0.3) is 0 Å². The first-order chi connectivity index (χ1) is 5.33. The van der Waals surface area contributed by atoms with Crippen molar-refractivity contribution in [2.24, 2.45) is 0 Å². The molecule has 11 heavy (non-hydrogen) atoms. The molecule has 0 saturated carbocycles. The van der Waals surface area contributed by atoms with E-state index in [0.29, 0.717) is 6.42 Å². The third-order valence-electron chi connectivity index (χ3n) is 1.21. The van der Waals surface area contributed by atoms with Gasteiger partial charge < -0.3 is 0 Å². The molecule has 1 aromatic heterocycles. The van der Waals surface area contributed by atoms with Crippen molar-refractivity contribution in [2.75, 3.05) is 0 Å². The molecule has 1 aromatic rings. The van der Waals surface area contributed by atoms with E-state index in [1.54, 1.807) is 18.3 Å². The van der Waals surface area contributed by atoms with E-state index in [-0.39, 0.29) is 5.78 Å². The summed E-state index contributed by atoms with van der Waals surface area (Å²) in [7, 11) is 0. The molecule has 1 rings (SSSR count). The summed E-state index contributed by atoms with van der Waals surface area (Å²) in [6, 6.07) is 1.94. The standard InChI is InChI=1S/C9H8OS/c1-2-3-9(10)6-8-4-5-11-7-8/h4-5,7H,6H2,1H3. The molecule has 0 aliphatic rings. The fourth-order valence-corrected chi connectivity index (χ4v) is 1.43. The Bertz CT molecular complexity index is 287. The molecule has 0 aliphatic carbocycles. The quantitative estimate of drug-likeness (QED) is 0.482. The monoisotopic (exact) mass is 164 g/mol. The van der Waals surface area contributed by atoms with E-state index in [0.717, 1.165) is 5.56 Å².